The summed E-state index contributed by atoms with van der Waals surface area (Å²) < 4.78 is 63.8. The molecule has 1 heterocycles. The van der Waals surface area contributed by atoms with Crippen molar-refractivity contribution in [3.8, 4) is 17.2 Å². The van der Waals surface area contributed by atoms with Crippen LogP contribution in [0.4, 0.5) is 0 Å². The molecule has 250 valence electrons. The number of hydrogen-bond donors (Lipinski definition) is 1. The van der Waals surface area contributed by atoms with E-state index in [4.69, 9.17) is 8.92 Å². The van der Waals surface area contributed by atoms with Gasteiger partial charge in [0.1, 0.15) is 17.2 Å². The Kier molecular flexibility index (Phi) is 13.0. The second-order valence-corrected chi connectivity index (χ2v) is 13.8. The first kappa shape index (κ1) is 36.3. The number of amides is 1. The molecule has 3 aromatic carbocycles. The number of carbonyl (C=O) groups excluding carboxylic acids is 2. The van der Waals surface area contributed by atoms with Crippen LogP contribution in [-0.2, 0) is 31.5 Å². The van der Waals surface area contributed by atoms with E-state index in [-0.39, 0.29) is 29.0 Å². The summed E-state index contributed by atoms with van der Waals surface area (Å²) in [7, 11) is -5.97. The van der Waals surface area contributed by atoms with Gasteiger partial charge < -0.3 is 23.2 Å². The second kappa shape index (κ2) is 16.4. The van der Waals surface area contributed by atoms with E-state index in [1.807, 2.05) is 13.8 Å². The molecule has 0 atom stereocenters. The number of esters is 1. The summed E-state index contributed by atoms with van der Waals surface area (Å²) in [4.78, 5) is 26.1. The lowest BCUT2D eigenvalue weighted by Gasteiger charge is -2.32. The maximum atomic E-state index is 12.6. The number of carbonyl (C=O) groups is 2. The van der Waals surface area contributed by atoms with Crippen LogP contribution < -0.4 is 18.4 Å². The molecular formula is C32H40N2O10S2. The smallest absolute Gasteiger partial charge is 0.337 e. The quantitative estimate of drug-likeness (QED) is 0.232. The molecule has 4 rings (SSSR count). The van der Waals surface area contributed by atoms with Gasteiger partial charge in [0.2, 0.25) is 0 Å². The van der Waals surface area contributed by atoms with E-state index in [2.05, 4.69) is 37.3 Å². The zero-order valence-electron chi connectivity index (χ0n) is 26.5. The Morgan fingerprint density at radius 1 is 0.848 bits per heavy atom. The summed E-state index contributed by atoms with van der Waals surface area (Å²) >= 11 is 0. The third-order valence-electron chi connectivity index (χ3n) is 6.73. The average molecular weight is 677 g/mol. The Hall–Kier alpha value is -4.14. The van der Waals surface area contributed by atoms with Crippen LogP contribution in [0.1, 0.15) is 51.6 Å². The van der Waals surface area contributed by atoms with Crippen LogP contribution in [0.2, 0.25) is 0 Å². The number of nitrogens with zero attached hydrogens (tertiary/aromatic N) is 1. The van der Waals surface area contributed by atoms with E-state index in [1.165, 1.54) is 49.1 Å². The van der Waals surface area contributed by atoms with E-state index < -0.39 is 26.2 Å². The van der Waals surface area contributed by atoms with Crippen molar-refractivity contribution < 1.29 is 44.3 Å². The number of methoxy groups -OCH3 is 1. The van der Waals surface area contributed by atoms with Crippen molar-refractivity contribution in [1.82, 2.24) is 10.2 Å². The Morgan fingerprint density at radius 3 is 1.96 bits per heavy atom. The average Bonchev–Trinajstić information content (AvgIpc) is 2.98. The summed E-state index contributed by atoms with van der Waals surface area (Å²) in [6, 6.07) is 18.4. The third-order valence-corrected chi connectivity index (χ3v) is 7.72. The Labute approximate surface area is 270 Å². The largest absolute Gasteiger partial charge is 0.494 e. The maximum absolute atomic E-state index is 12.6. The van der Waals surface area contributed by atoms with Crippen LogP contribution in [0.5, 0.6) is 17.2 Å². The fraction of sp³-hybridized carbons (Fsp3) is 0.375. The second-order valence-electron chi connectivity index (χ2n) is 10.7. The highest BCUT2D eigenvalue weighted by Gasteiger charge is 2.22. The Morgan fingerprint density at radius 2 is 1.41 bits per heavy atom. The zero-order chi connectivity index (χ0) is 33.9. The predicted octanol–water partition coefficient (Wildman–Crippen LogP) is 3.94. The van der Waals surface area contributed by atoms with Gasteiger partial charge in [-0.25, -0.2) is 4.79 Å². The monoisotopic (exact) mass is 676 g/mol. The van der Waals surface area contributed by atoms with Gasteiger partial charge in [-0.15, -0.1) is 0 Å². The van der Waals surface area contributed by atoms with Crippen molar-refractivity contribution in [2.45, 2.75) is 39.3 Å². The normalized spacial score (nSPS) is 13.9. The van der Waals surface area contributed by atoms with E-state index in [1.54, 1.807) is 12.1 Å². The minimum Gasteiger partial charge on any atom is -0.494 e. The number of likely N-dealkylation sites (tertiary alicyclic amines) is 1. The lowest BCUT2D eigenvalue weighted by Crippen LogP contribution is -2.44. The third kappa shape index (κ3) is 12.3. The first-order valence-corrected chi connectivity index (χ1v) is 18.1. The van der Waals surface area contributed by atoms with E-state index in [0.717, 1.165) is 56.3 Å². The molecular weight excluding hydrogens is 636 g/mol. The van der Waals surface area contributed by atoms with Gasteiger partial charge in [-0.3, -0.25) is 9.69 Å². The van der Waals surface area contributed by atoms with Gasteiger partial charge >= 0.3 is 26.2 Å². The van der Waals surface area contributed by atoms with Gasteiger partial charge in [-0.05, 0) is 80.3 Å². The fourth-order valence-electron chi connectivity index (χ4n) is 4.65. The molecule has 0 bridgehead atoms. The first-order valence-electron chi connectivity index (χ1n) is 14.5. The van der Waals surface area contributed by atoms with Gasteiger partial charge in [0.25, 0.3) is 5.91 Å². The Bertz CT molecular complexity index is 1720. The van der Waals surface area contributed by atoms with E-state index in [9.17, 15) is 26.4 Å². The van der Waals surface area contributed by atoms with Gasteiger partial charge in [-0.2, -0.15) is 16.8 Å². The fourth-order valence-corrected chi connectivity index (χ4v) is 5.55. The topological polar surface area (TPSA) is 155 Å². The van der Waals surface area contributed by atoms with Crippen molar-refractivity contribution in [3.63, 3.8) is 0 Å². The number of hydrogen-bond acceptors (Lipinski definition) is 11. The lowest BCUT2D eigenvalue weighted by molar-refractivity contribution is 0.0600. The van der Waals surface area contributed by atoms with Crippen LogP contribution in [0, 0.1) is 6.92 Å². The van der Waals surface area contributed by atoms with Gasteiger partial charge in [0.15, 0.2) is 0 Å². The van der Waals surface area contributed by atoms with Crippen LogP contribution in [0.15, 0.2) is 66.7 Å². The lowest BCUT2D eigenvalue weighted by atomic mass is 10.0. The van der Waals surface area contributed by atoms with Crippen LogP contribution in [0.25, 0.3) is 0 Å². The number of aryl methyl sites for hydroxylation is 1. The maximum Gasteiger partial charge on any atom is 0.337 e. The molecule has 1 amide bonds. The number of rotatable bonds is 11. The summed E-state index contributed by atoms with van der Waals surface area (Å²) in [5.74, 6) is 0.380. The molecule has 14 heteroatoms. The SMILES string of the molecule is CCOc1cc(CN2CCC(NC(=O)c3cccc(OS(C)(=O)=O)c3)CC2)ccc1C.COC(=O)c1cccc(OS(C)(=O)=O)c1. The molecule has 1 N–H and O–H groups in total. The molecule has 3 aromatic rings. The minimum absolute atomic E-state index is 0.0836. The standard InChI is InChI=1S/C23H30N2O5S.C9H10O5S/c1-4-29-22-14-18(9-8-17(22)2)16-25-12-10-20(11-13-25)24-23(26)19-6-5-7-21(15-19)30-31(3,27)28;1-13-9(10)7-4-3-5-8(6-7)14-15(2,11)12/h5-9,14-15,20H,4,10-13,16H2,1-3H3,(H,24,26);3-6H,1-2H3. The van der Waals surface area contributed by atoms with E-state index in [0.29, 0.717) is 12.2 Å². The van der Waals surface area contributed by atoms with Crippen molar-refractivity contribution >= 4 is 32.1 Å². The van der Waals surface area contributed by atoms with Gasteiger partial charge in [0.05, 0.1) is 31.8 Å². The molecule has 12 nitrogen and oxygen atoms in total. The summed E-state index contributed by atoms with van der Waals surface area (Å²) in [5.41, 5.74) is 2.97. The Balaban J connectivity index is 0.000000322. The molecule has 0 radical (unpaired) electrons. The molecule has 0 unspecified atom stereocenters. The van der Waals surface area contributed by atoms with Crippen LogP contribution >= 0.6 is 0 Å². The van der Waals surface area contributed by atoms with Gasteiger partial charge in [-0.1, -0.05) is 24.3 Å². The number of ether oxygens (including phenoxy) is 2. The number of nitrogens with one attached hydrogen (secondary N) is 1. The summed E-state index contributed by atoms with van der Waals surface area (Å²) in [6.45, 7) is 7.32. The van der Waals surface area contributed by atoms with Crippen LogP contribution in [-0.4, -0.2) is 79.0 Å². The van der Waals surface area contributed by atoms with Crippen molar-refractivity contribution in [2.24, 2.45) is 0 Å². The molecule has 0 spiro atoms. The molecule has 0 saturated carbocycles. The molecule has 0 aliphatic carbocycles. The highest BCUT2D eigenvalue weighted by Crippen LogP contribution is 2.22. The first-order chi connectivity index (χ1) is 21.7. The van der Waals surface area contributed by atoms with E-state index >= 15 is 0 Å². The molecule has 1 fully saturated rings. The molecule has 1 aliphatic rings. The number of benzene rings is 3. The zero-order valence-corrected chi connectivity index (χ0v) is 28.2. The van der Waals surface area contributed by atoms with Crippen LogP contribution in [0.3, 0.4) is 0 Å². The molecule has 0 aromatic heterocycles. The highest BCUT2D eigenvalue weighted by molar-refractivity contribution is 7.86. The highest BCUT2D eigenvalue weighted by atomic mass is 32.2. The van der Waals surface area contributed by atoms with Crippen molar-refractivity contribution in [1.29, 1.82) is 0 Å². The van der Waals surface area contributed by atoms with Crippen molar-refractivity contribution in [2.75, 3.05) is 39.3 Å². The summed E-state index contributed by atoms with van der Waals surface area (Å²) in [6.07, 6.45) is 3.62. The minimum atomic E-state index is -3.63. The predicted molar refractivity (Wildman–Crippen MR) is 173 cm³/mol. The molecule has 1 aliphatic heterocycles. The van der Waals surface area contributed by atoms with Gasteiger partial charge in [0, 0.05) is 31.2 Å². The molecule has 1 saturated heterocycles. The number of piperidine rings is 1. The van der Waals surface area contributed by atoms with Crippen molar-refractivity contribution in [3.05, 3.63) is 89.0 Å². The summed E-state index contributed by atoms with van der Waals surface area (Å²) in [5, 5.41) is 3.05. The molecule has 46 heavy (non-hydrogen) atoms.